The van der Waals surface area contributed by atoms with Crippen LogP contribution in [0, 0.1) is 21.0 Å². The van der Waals surface area contributed by atoms with Gasteiger partial charge in [0.2, 0.25) is 0 Å². The predicted molar refractivity (Wildman–Crippen MR) is 232 cm³/mol. The summed E-state index contributed by atoms with van der Waals surface area (Å²) in [5, 5.41) is 8.29. The van der Waals surface area contributed by atoms with Crippen LogP contribution in [0.1, 0.15) is 87.1 Å². The second-order valence-electron chi connectivity index (χ2n) is 10.2. The summed E-state index contributed by atoms with van der Waals surface area (Å²) in [4.78, 5) is 0. The van der Waals surface area contributed by atoms with E-state index in [4.69, 9.17) is 11.5 Å². The molecule has 0 fully saturated rings. The molecule has 0 unspecified atom stereocenters. The largest absolute Gasteiger partial charge is 0.399 e. The molecule has 0 spiro atoms. The first-order valence-corrected chi connectivity index (χ1v) is 22.8. The Morgan fingerprint density at radius 1 is 0.690 bits per heavy atom. The van der Waals surface area contributed by atoms with Crippen molar-refractivity contribution in [1.29, 1.82) is 0 Å². The van der Waals surface area contributed by atoms with Crippen molar-refractivity contribution in [2.45, 2.75) is 92.4 Å². The smallest absolute Gasteiger partial charge is 0.0783 e. The Bertz CT molecular complexity index is 1280. The van der Waals surface area contributed by atoms with E-state index in [2.05, 4.69) is 164 Å². The molecule has 0 atom stereocenters. The third-order valence-corrected chi connectivity index (χ3v) is 8.49. The summed E-state index contributed by atoms with van der Waals surface area (Å²) in [5.74, 6) is 0. The van der Waals surface area contributed by atoms with Gasteiger partial charge >= 0.3 is 0 Å². The topological polar surface area (TPSA) is 80.7 Å². The van der Waals surface area contributed by atoms with Crippen LogP contribution in [-0.2, 0) is 19.3 Å². The summed E-state index contributed by atoms with van der Waals surface area (Å²) in [6, 6.07) is 15.2. The number of fused-ring (bicyclic) bond motifs is 1. The van der Waals surface area contributed by atoms with E-state index >= 15 is 0 Å². The Balaban J connectivity index is 0.000000578. The Labute approximate surface area is 322 Å². The predicted octanol–water partition coefficient (Wildman–Crippen LogP) is 12.3. The number of nitrogens with two attached hydrogens (primary N) is 2. The van der Waals surface area contributed by atoms with Crippen molar-refractivity contribution in [2.75, 3.05) is 11.5 Å². The van der Waals surface area contributed by atoms with Crippen LogP contribution in [-0.4, -0.2) is 10.2 Å². The summed E-state index contributed by atoms with van der Waals surface area (Å²) < 4.78 is 2.45. The number of H-pyrrole nitrogens is 1. The highest BCUT2D eigenvalue weighted by Crippen LogP contribution is 2.23. The van der Waals surface area contributed by atoms with Gasteiger partial charge in [-0.3, -0.25) is 5.10 Å². The molecule has 4 aromatic rings. The van der Waals surface area contributed by atoms with Crippen molar-refractivity contribution in [1.82, 2.24) is 10.2 Å². The molecule has 0 aliphatic rings. The van der Waals surface area contributed by atoms with Gasteiger partial charge in [-0.2, -0.15) is 5.10 Å². The van der Waals surface area contributed by atoms with E-state index in [0.29, 0.717) is 0 Å². The first kappa shape index (κ1) is 42.4. The van der Waals surface area contributed by atoms with E-state index in [9.17, 15) is 0 Å². The number of aromatic amines is 1. The molecule has 1 aromatic heterocycles. The molecule has 234 valence electrons. The van der Waals surface area contributed by atoms with E-state index in [1.165, 1.54) is 98.1 Å². The fourth-order valence-electron chi connectivity index (χ4n) is 4.22. The molecule has 5 N–H and O–H groups in total. The quantitative estimate of drug-likeness (QED) is 0.115. The average Bonchev–Trinajstić information content (AvgIpc) is 3.45. The standard InChI is InChI=1S/C11H13IN2.C11H16IN.C11H17N.I2.HI/c1-2-3-4-8-5-9-7-13-14-11(9)10(12)6-8;1-3-4-5-9-6-8(2)11(13)10(12)7-9;1-3-4-5-10-6-7-11(12)9(2)8-10;1-2;/h5-7H,2-4H2,1H3,(H,13,14);6-7H,3-5,13H2,1-2H3;6-8H,3-5,12H2,1-2H3;;1H. The van der Waals surface area contributed by atoms with Gasteiger partial charge in [0.15, 0.2) is 0 Å². The zero-order valence-corrected chi connectivity index (χ0v) is 36.5. The van der Waals surface area contributed by atoms with Crippen molar-refractivity contribution >= 4 is 129 Å². The molecule has 3 aromatic carbocycles. The minimum absolute atomic E-state index is 0. The molecule has 4 nitrogen and oxygen atoms in total. The number of nitrogen functional groups attached to an aromatic ring is 2. The van der Waals surface area contributed by atoms with E-state index in [1.54, 1.807) is 0 Å². The lowest BCUT2D eigenvalue weighted by atomic mass is 10.1. The van der Waals surface area contributed by atoms with E-state index in [1.807, 2.05) is 12.3 Å². The maximum Gasteiger partial charge on any atom is 0.0783 e. The van der Waals surface area contributed by atoms with E-state index in [-0.39, 0.29) is 24.0 Å². The van der Waals surface area contributed by atoms with E-state index in [0.717, 1.165) is 16.9 Å². The monoisotopic (exact) mass is 1130 g/mol. The lowest BCUT2D eigenvalue weighted by Gasteiger charge is -2.07. The number of unbranched alkanes of at least 4 members (excludes halogenated alkanes) is 3. The Morgan fingerprint density at radius 3 is 1.71 bits per heavy atom. The number of aromatic nitrogens is 2. The third kappa shape index (κ3) is 15.6. The maximum absolute atomic E-state index is 5.87. The lowest BCUT2D eigenvalue weighted by Crippen LogP contribution is -1.96. The van der Waals surface area contributed by atoms with Gasteiger partial charge in [0, 0.05) is 61.1 Å². The summed E-state index contributed by atoms with van der Waals surface area (Å²) >= 11 is 8.90. The minimum Gasteiger partial charge on any atom is -0.399 e. The Hall–Kier alpha value is 0.380. The fourth-order valence-corrected chi connectivity index (χ4v) is 5.88. The summed E-state index contributed by atoms with van der Waals surface area (Å²) in [6.45, 7) is 10.8. The van der Waals surface area contributed by atoms with Crippen LogP contribution in [0.4, 0.5) is 11.4 Å². The summed E-state index contributed by atoms with van der Waals surface area (Å²) in [7, 11) is 0. The van der Waals surface area contributed by atoms with Crippen LogP contribution in [0.5, 0.6) is 0 Å². The normalized spacial score (nSPS) is 9.93. The number of anilines is 2. The minimum atomic E-state index is 0. The fraction of sp³-hybridized carbons (Fsp3) is 0.424. The van der Waals surface area contributed by atoms with Gasteiger partial charge in [-0.05, 0) is 150 Å². The van der Waals surface area contributed by atoms with Gasteiger partial charge < -0.3 is 11.5 Å². The van der Waals surface area contributed by atoms with Crippen molar-refractivity contribution in [2.24, 2.45) is 0 Å². The molecule has 0 bridgehead atoms. The zero-order chi connectivity index (χ0) is 30.8. The average molecular weight is 1130 g/mol. The number of benzene rings is 3. The number of hydrogen-bond acceptors (Lipinski definition) is 3. The highest BCUT2D eigenvalue weighted by Gasteiger charge is 2.04. The molecular formula is C33H47I5N4. The van der Waals surface area contributed by atoms with Crippen LogP contribution in [0.25, 0.3) is 10.9 Å². The zero-order valence-electron chi connectivity index (χ0n) is 25.5. The van der Waals surface area contributed by atoms with Gasteiger partial charge in [0.05, 0.1) is 11.7 Å². The first-order chi connectivity index (χ1) is 19.7. The van der Waals surface area contributed by atoms with Gasteiger partial charge in [-0.25, -0.2) is 0 Å². The van der Waals surface area contributed by atoms with Gasteiger partial charge in [-0.15, -0.1) is 24.0 Å². The van der Waals surface area contributed by atoms with Crippen LogP contribution in [0.3, 0.4) is 0 Å². The van der Waals surface area contributed by atoms with Gasteiger partial charge in [-0.1, -0.05) is 58.2 Å². The van der Waals surface area contributed by atoms with Crippen molar-refractivity contribution in [3.63, 3.8) is 0 Å². The van der Waals surface area contributed by atoms with E-state index < -0.39 is 0 Å². The number of nitrogens with one attached hydrogen (secondary N) is 1. The molecule has 0 saturated heterocycles. The molecule has 9 heteroatoms. The summed E-state index contributed by atoms with van der Waals surface area (Å²) in [5.41, 5.74) is 21.2. The van der Waals surface area contributed by atoms with Crippen molar-refractivity contribution < 1.29 is 0 Å². The molecule has 0 aliphatic carbocycles. The molecule has 0 saturated carbocycles. The number of rotatable bonds is 9. The number of nitrogens with zero attached hydrogens (tertiary/aromatic N) is 1. The first-order valence-electron chi connectivity index (χ1n) is 14.3. The Kier molecular flexibility index (Phi) is 24.8. The molecular weight excluding hydrogens is 1090 g/mol. The number of hydrogen-bond donors (Lipinski definition) is 3. The summed E-state index contributed by atoms with van der Waals surface area (Å²) in [6.07, 6.45) is 13.0. The van der Waals surface area contributed by atoms with Crippen LogP contribution in [0.15, 0.2) is 48.7 Å². The molecule has 0 radical (unpaired) electrons. The second kappa shape index (κ2) is 24.6. The third-order valence-electron chi connectivity index (χ3n) is 6.75. The molecule has 0 aliphatic heterocycles. The van der Waals surface area contributed by atoms with Crippen LogP contribution in [0.2, 0.25) is 0 Å². The van der Waals surface area contributed by atoms with Crippen LogP contribution >= 0.6 is 106 Å². The SMILES string of the molecule is CCCCc1cc(C)c(N)c(I)c1.CCCCc1cc(I)c2[nH]ncc2c1.CCCCc1ccc(N)c(C)c1.I.II. The lowest BCUT2D eigenvalue weighted by molar-refractivity contribution is 0.794. The Morgan fingerprint density at radius 2 is 1.19 bits per heavy atom. The highest BCUT2D eigenvalue weighted by atomic mass is 128. The molecule has 1 heterocycles. The highest BCUT2D eigenvalue weighted by molar-refractivity contribution is 15.0. The molecule has 42 heavy (non-hydrogen) atoms. The van der Waals surface area contributed by atoms with Crippen molar-refractivity contribution in [3.05, 3.63) is 83.6 Å². The number of halogens is 5. The van der Waals surface area contributed by atoms with Gasteiger partial charge in [0.1, 0.15) is 0 Å². The van der Waals surface area contributed by atoms with Crippen LogP contribution < -0.4 is 11.5 Å². The van der Waals surface area contributed by atoms with Gasteiger partial charge in [0.25, 0.3) is 0 Å². The number of aryl methyl sites for hydroxylation is 5. The second-order valence-corrected chi connectivity index (χ2v) is 12.5. The molecule has 4 rings (SSSR count). The molecule has 0 amide bonds. The maximum atomic E-state index is 5.87. The van der Waals surface area contributed by atoms with Crippen molar-refractivity contribution in [3.8, 4) is 0 Å².